The lowest BCUT2D eigenvalue weighted by atomic mass is 10.1. The fourth-order valence-corrected chi connectivity index (χ4v) is 1.51. The first-order valence-corrected chi connectivity index (χ1v) is 5.06. The zero-order chi connectivity index (χ0) is 12.3. The summed E-state index contributed by atoms with van der Waals surface area (Å²) < 4.78 is 5.15. The summed E-state index contributed by atoms with van der Waals surface area (Å²) in [6.45, 7) is 0. The first-order chi connectivity index (χ1) is 8.13. The van der Waals surface area contributed by atoms with Gasteiger partial charge in [-0.3, -0.25) is 4.79 Å². The Hall–Kier alpha value is -2.30. The molecular formula is C12H11NO4. The topological polar surface area (TPSA) is 83.6 Å². The number of oxazole rings is 1. The van der Waals surface area contributed by atoms with E-state index < -0.39 is 5.97 Å². The van der Waals surface area contributed by atoms with E-state index in [2.05, 4.69) is 4.98 Å². The number of carbonyl (C=O) groups is 1. The van der Waals surface area contributed by atoms with Crippen molar-refractivity contribution in [1.29, 1.82) is 0 Å². The summed E-state index contributed by atoms with van der Waals surface area (Å²) in [6.07, 6.45) is 1.61. The number of phenols is 1. The number of carboxylic acid groups (broad SMARTS) is 1. The van der Waals surface area contributed by atoms with Crippen LogP contribution in [-0.4, -0.2) is 21.2 Å². The first kappa shape index (κ1) is 11.2. The number of benzene rings is 1. The number of aromatic nitrogens is 1. The maximum absolute atomic E-state index is 10.5. The van der Waals surface area contributed by atoms with Crippen LogP contribution in [0.1, 0.15) is 17.1 Å². The van der Waals surface area contributed by atoms with Gasteiger partial charge in [0, 0.05) is 6.42 Å². The molecule has 17 heavy (non-hydrogen) atoms. The van der Waals surface area contributed by atoms with Crippen LogP contribution in [0.15, 0.2) is 34.9 Å². The molecular weight excluding hydrogens is 222 g/mol. The van der Waals surface area contributed by atoms with Gasteiger partial charge in [0.2, 0.25) is 0 Å². The minimum absolute atomic E-state index is 0.149. The Morgan fingerprint density at radius 1 is 1.41 bits per heavy atom. The average molecular weight is 233 g/mol. The van der Waals surface area contributed by atoms with Gasteiger partial charge in [-0.1, -0.05) is 12.1 Å². The molecule has 0 radical (unpaired) electrons. The van der Waals surface area contributed by atoms with Crippen molar-refractivity contribution in [3.8, 4) is 5.75 Å². The third kappa shape index (κ3) is 3.07. The van der Waals surface area contributed by atoms with Crippen molar-refractivity contribution >= 4 is 5.97 Å². The van der Waals surface area contributed by atoms with Gasteiger partial charge in [0.05, 0.1) is 12.1 Å². The van der Waals surface area contributed by atoms with Crippen molar-refractivity contribution in [2.24, 2.45) is 0 Å². The maximum atomic E-state index is 10.5. The van der Waals surface area contributed by atoms with Gasteiger partial charge in [-0.05, 0) is 17.7 Å². The van der Waals surface area contributed by atoms with Crippen LogP contribution in [0.4, 0.5) is 0 Å². The van der Waals surface area contributed by atoms with Crippen molar-refractivity contribution in [2.75, 3.05) is 0 Å². The SMILES string of the molecule is O=C(O)Cc1coc(Cc2cccc(O)c2)n1. The molecule has 0 spiro atoms. The van der Waals surface area contributed by atoms with Gasteiger partial charge < -0.3 is 14.6 Å². The molecule has 88 valence electrons. The molecule has 2 rings (SSSR count). The molecule has 0 fully saturated rings. The lowest BCUT2D eigenvalue weighted by molar-refractivity contribution is -0.136. The van der Waals surface area contributed by atoms with Gasteiger partial charge in [-0.15, -0.1) is 0 Å². The van der Waals surface area contributed by atoms with Gasteiger partial charge in [-0.25, -0.2) is 4.98 Å². The van der Waals surface area contributed by atoms with E-state index in [1.807, 2.05) is 6.07 Å². The van der Waals surface area contributed by atoms with E-state index in [-0.39, 0.29) is 12.2 Å². The molecule has 1 heterocycles. The molecule has 1 aromatic heterocycles. The average Bonchev–Trinajstić information content (AvgIpc) is 2.64. The summed E-state index contributed by atoms with van der Waals surface area (Å²) in [5, 5.41) is 17.9. The number of nitrogens with zero attached hydrogens (tertiary/aromatic N) is 1. The van der Waals surface area contributed by atoms with Crippen LogP contribution in [0.25, 0.3) is 0 Å². The van der Waals surface area contributed by atoms with Crippen LogP contribution in [0.3, 0.4) is 0 Å². The summed E-state index contributed by atoms with van der Waals surface area (Å²) >= 11 is 0. The second kappa shape index (κ2) is 4.69. The molecule has 0 saturated carbocycles. The highest BCUT2D eigenvalue weighted by molar-refractivity contribution is 5.69. The van der Waals surface area contributed by atoms with Crippen LogP contribution in [-0.2, 0) is 17.6 Å². The Kier molecular flexibility index (Phi) is 3.09. The maximum Gasteiger partial charge on any atom is 0.309 e. The number of carboxylic acids is 1. The van der Waals surface area contributed by atoms with Crippen molar-refractivity contribution in [1.82, 2.24) is 4.98 Å². The largest absolute Gasteiger partial charge is 0.508 e. The van der Waals surface area contributed by atoms with Crippen molar-refractivity contribution in [3.05, 3.63) is 47.7 Å². The summed E-state index contributed by atoms with van der Waals surface area (Å²) in [5.41, 5.74) is 1.25. The van der Waals surface area contributed by atoms with E-state index in [1.54, 1.807) is 18.2 Å². The Morgan fingerprint density at radius 3 is 2.94 bits per heavy atom. The molecule has 0 aliphatic heterocycles. The van der Waals surface area contributed by atoms with E-state index in [1.165, 1.54) is 6.26 Å². The van der Waals surface area contributed by atoms with E-state index in [0.717, 1.165) is 5.56 Å². The van der Waals surface area contributed by atoms with Gasteiger partial charge in [0.15, 0.2) is 5.89 Å². The highest BCUT2D eigenvalue weighted by Crippen LogP contribution is 2.15. The minimum atomic E-state index is -0.942. The van der Waals surface area contributed by atoms with Crippen LogP contribution in [0.5, 0.6) is 5.75 Å². The predicted molar refractivity (Wildman–Crippen MR) is 58.8 cm³/mol. The summed E-state index contributed by atoms with van der Waals surface area (Å²) in [6, 6.07) is 6.75. The monoisotopic (exact) mass is 233 g/mol. The Morgan fingerprint density at radius 2 is 2.24 bits per heavy atom. The van der Waals surface area contributed by atoms with E-state index in [4.69, 9.17) is 9.52 Å². The zero-order valence-corrected chi connectivity index (χ0v) is 8.96. The Bertz CT molecular complexity index is 533. The number of phenolic OH excluding ortho intramolecular Hbond substituents is 1. The van der Waals surface area contributed by atoms with Crippen molar-refractivity contribution in [3.63, 3.8) is 0 Å². The Labute approximate surface area is 97.3 Å². The summed E-state index contributed by atoms with van der Waals surface area (Å²) in [7, 11) is 0. The van der Waals surface area contributed by atoms with Crippen LogP contribution in [0.2, 0.25) is 0 Å². The molecule has 2 N–H and O–H groups in total. The Balaban J connectivity index is 2.08. The summed E-state index contributed by atoms with van der Waals surface area (Å²) in [4.78, 5) is 14.5. The second-order valence-electron chi connectivity index (χ2n) is 3.65. The van der Waals surface area contributed by atoms with Crippen LogP contribution < -0.4 is 0 Å². The van der Waals surface area contributed by atoms with Gasteiger partial charge in [0.1, 0.15) is 12.0 Å². The molecule has 1 aromatic carbocycles. The normalized spacial score (nSPS) is 10.4. The van der Waals surface area contributed by atoms with E-state index in [0.29, 0.717) is 18.0 Å². The van der Waals surface area contributed by atoms with Crippen molar-refractivity contribution in [2.45, 2.75) is 12.8 Å². The van der Waals surface area contributed by atoms with E-state index >= 15 is 0 Å². The quantitative estimate of drug-likeness (QED) is 0.837. The number of rotatable bonds is 4. The van der Waals surface area contributed by atoms with Crippen molar-refractivity contribution < 1.29 is 19.4 Å². The number of hydrogen-bond donors (Lipinski definition) is 2. The first-order valence-electron chi connectivity index (χ1n) is 5.06. The smallest absolute Gasteiger partial charge is 0.309 e. The molecule has 0 bridgehead atoms. The molecule has 2 aromatic rings. The van der Waals surface area contributed by atoms with Crippen LogP contribution >= 0.6 is 0 Å². The highest BCUT2D eigenvalue weighted by Gasteiger charge is 2.08. The fourth-order valence-electron chi connectivity index (χ4n) is 1.51. The zero-order valence-electron chi connectivity index (χ0n) is 8.96. The lowest BCUT2D eigenvalue weighted by Gasteiger charge is -1.97. The molecule has 0 saturated heterocycles. The standard InChI is InChI=1S/C12H11NO4/c14-10-3-1-2-8(4-10)5-11-13-9(7-17-11)6-12(15)16/h1-4,7,14H,5-6H2,(H,15,16). The lowest BCUT2D eigenvalue weighted by Crippen LogP contribution is -2.00. The number of aromatic hydroxyl groups is 1. The fraction of sp³-hybridized carbons (Fsp3) is 0.167. The van der Waals surface area contributed by atoms with Gasteiger partial charge in [0.25, 0.3) is 0 Å². The molecule has 0 atom stereocenters. The molecule has 5 heteroatoms. The van der Waals surface area contributed by atoms with E-state index in [9.17, 15) is 9.90 Å². The van der Waals surface area contributed by atoms with Crippen LogP contribution in [0, 0.1) is 0 Å². The van der Waals surface area contributed by atoms with Gasteiger partial charge in [-0.2, -0.15) is 0 Å². The molecule has 5 nitrogen and oxygen atoms in total. The number of hydrogen-bond acceptors (Lipinski definition) is 4. The minimum Gasteiger partial charge on any atom is -0.508 e. The molecule has 0 unspecified atom stereocenters. The predicted octanol–water partition coefficient (Wildman–Crippen LogP) is 1.60. The highest BCUT2D eigenvalue weighted by atomic mass is 16.4. The third-order valence-electron chi connectivity index (χ3n) is 2.20. The molecule has 0 aliphatic carbocycles. The van der Waals surface area contributed by atoms with Gasteiger partial charge >= 0.3 is 5.97 Å². The second-order valence-corrected chi connectivity index (χ2v) is 3.65. The molecule has 0 aliphatic rings. The third-order valence-corrected chi connectivity index (χ3v) is 2.20. The summed E-state index contributed by atoms with van der Waals surface area (Å²) in [5.74, 6) is -0.325. The molecule has 0 amide bonds. The number of aliphatic carboxylic acids is 1.